The highest BCUT2D eigenvalue weighted by atomic mass is 19.1. The van der Waals surface area contributed by atoms with Crippen molar-refractivity contribution in [3.63, 3.8) is 0 Å². The molecule has 1 saturated heterocycles. The number of aromatic nitrogens is 3. The minimum atomic E-state index is -0.287. The molecular weight excluding hydrogens is 445 g/mol. The normalized spacial score (nSPS) is 15.1. The molecule has 3 heterocycles. The van der Waals surface area contributed by atoms with Crippen molar-refractivity contribution in [2.45, 2.75) is 25.8 Å². The fourth-order valence-electron chi connectivity index (χ4n) is 4.37. The first-order chi connectivity index (χ1) is 17.1. The standard InChI is InChI=1S/C27H26FN5O2/c1-18(19-9-11-22(28)12-10-19)30-26(34)21-13-16-33(17-14-21)25-23(8-5-15-29-25)27-31-24(32-35-27)20-6-3-2-4-7-20/h2-12,15,18,21H,13-14,16-17H2,1H3,(H,30,34)/t18-/m1/s1. The van der Waals surface area contributed by atoms with E-state index in [9.17, 15) is 9.18 Å². The largest absolute Gasteiger partial charge is 0.356 e. The molecule has 1 atom stereocenters. The average Bonchev–Trinajstić information content (AvgIpc) is 3.40. The third-order valence-electron chi connectivity index (χ3n) is 6.37. The number of amides is 1. The number of rotatable bonds is 6. The first kappa shape index (κ1) is 22.7. The van der Waals surface area contributed by atoms with E-state index in [0.717, 1.165) is 22.5 Å². The Morgan fingerprint density at radius 3 is 2.54 bits per heavy atom. The number of hydrogen-bond donors (Lipinski definition) is 1. The van der Waals surface area contributed by atoms with Crippen LogP contribution in [0.15, 0.2) is 77.4 Å². The Bertz CT molecular complexity index is 1280. The fraction of sp³-hybridized carbons (Fsp3) is 0.259. The first-order valence-electron chi connectivity index (χ1n) is 11.7. The smallest absolute Gasteiger partial charge is 0.261 e. The summed E-state index contributed by atoms with van der Waals surface area (Å²) in [4.78, 5) is 24.2. The Morgan fingerprint density at radius 1 is 1.06 bits per heavy atom. The number of pyridine rings is 1. The molecule has 0 aliphatic carbocycles. The topological polar surface area (TPSA) is 84.2 Å². The predicted octanol–water partition coefficient (Wildman–Crippen LogP) is 5.03. The van der Waals surface area contributed by atoms with Crippen LogP contribution in [0.25, 0.3) is 22.8 Å². The number of carbonyl (C=O) groups excluding carboxylic acids is 1. The predicted molar refractivity (Wildman–Crippen MR) is 131 cm³/mol. The van der Waals surface area contributed by atoms with E-state index in [-0.39, 0.29) is 23.7 Å². The van der Waals surface area contributed by atoms with Crippen molar-refractivity contribution in [2.75, 3.05) is 18.0 Å². The van der Waals surface area contributed by atoms with Gasteiger partial charge >= 0.3 is 0 Å². The van der Waals surface area contributed by atoms with Gasteiger partial charge in [0.1, 0.15) is 11.6 Å². The molecule has 0 spiro atoms. The Labute approximate surface area is 203 Å². The Kier molecular flexibility index (Phi) is 6.52. The van der Waals surface area contributed by atoms with Gasteiger partial charge in [-0.15, -0.1) is 0 Å². The average molecular weight is 472 g/mol. The van der Waals surface area contributed by atoms with E-state index in [1.165, 1.54) is 12.1 Å². The van der Waals surface area contributed by atoms with E-state index in [1.807, 2.05) is 49.4 Å². The van der Waals surface area contributed by atoms with Crippen molar-refractivity contribution in [3.8, 4) is 22.8 Å². The summed E-state index contributed by atoms with van der Waals surface area (Å²) in [6, 6.07) is 19.5. The molecule has 2 aromatic carbocycles. The molecule has 178 valence electrons. The number of benzene rings is 2. The Hall–Kier alpha value is -4.07. The van der Waals surface area contributed by atoms with E-state index in [1.54, 1.807) is 18.3 Å². The van der Waals surface area contributed by atoms with E-state index in [2.05, 4.69) is 25.3 Å². The van der Waals surface area contributed by atoms with Gasteiger partial charge in [0.05, 0.1) is 11.6 Å². The Balaban J connectivity index is 1.24. The SMILES string of the molecule is C[C@@H](NC(=O)C1CCN(c2ncccc2-c2nc(-c3ccccc3)no2)CC1)c1ccc(F)cc1. The summed E-state index contributed by atoms with van der Waals surface area (Å²) in [6.07, 6.45) is 3.16. The zero-order chi connectivity index (χ0) is 24.2. The molecule has 0 unspecified atom stereocenters. The summed E-state index contributed by atoms with van der Waals surface area (Å²) < 4.78 is 18.8. The number of halogens is 1. The third-order valence-corrected chi connectivity index (χ3v) is 6.37. The summed E-state index contributed by atoms with van der Waals surface area (Å²) in [7, 11) is 0. The van der Waals surface area contributed by atoms with Crippen LogP contribution >= 0.6 is 0 Å². The van der Waals surface area contributed by atoms with Gasteiger partial charge in [-0.1, -0.05) is 47.6 Å². The van der Waals surface area contributed by atoms with Crippen molar-refractivity contribution in [2.24, 2.45) is 5.92 Å². The van der Waals surface area contributed by atoms with E-state index in [4.69, 9.17) is 4.52 Å². The van der Waals surface area contributed by atoms with Gasteiger partial charge in [-0.05, 0) is 49.6 Å². The molecule has 5 rings (SSSR count). The first-order valence-corrected chi connectivity index (χ1v) is 11.7. The van der Waals surface area contributed by atoms with Crippen LogP contribution < -0.4 is 10.2 Å². The maximum absolute atomic E-state index is 13.2. The maximum Gasteiger partial charge on any atom is 0.261 e. The highest BCUT2D eigenvalue weighted by Crippen LogP contribution is 2.32. The maximum atomic E-state index is 13.2. The van der Waals surface area contributed by atoms with Crippen LogP contribution in [-0.2, 0) is 4.79 Å². The summed E-state index contributed by atoms with van der Waals surface area (Å²) in [5, 5.41) is 7.20. The van der Waals surface area contributed by atoms with Gasteiger partial charge in [0.2, 0.25) is 11.7 Å². The fourth-order valence-corrected chi connectivity index (χ4v) is 4.37. The van der Waals surface area contributed by atoms with Crippen molar-refractivity contribution in [3.05, 3.63) is 84.3 Å². The number of carbonyl (C=O) groups is 1. The molecule has 1 aliphatic rings. The van der Waals surface area contributed by atoms with Crippen LogP contribution in [-0.4, -0.2) is 34.1 Å². The number of piperidine rings is 1. The minimum Gasteiger partial charge on any atom is -0.356 e. The molecule has 2 aromatic heterocycles. The van der Waals surface area contributed by atoms with Gasteiger partial charge in [0.15, 0.2) is 0 Å². The van der Waals surface area contributed by atoms with Crippen molar-refractivity contribution < 1.29 is 13.7 Å². The third kappa shape index (κ3) is 5.06. The highest BCUT2D eigenvalue weighted by molar-refractivity contribution is 5.79. The van der Waals surface area contributed by atoms with Gasteiger partial charge in [-0.2, -0.15) is 4.98 Å². The number of nitrogens with zero attached hydrogens (tertiary/aromatic N) is 4. The molecule has 1 fully saturated rings. The van der Waals surface area contributed by atoms with Gasteiger partial charge < -0.3 is 14.7 Å². The van der Waals surface area contributed by atoms with Crippen LogP contribution in [0, 0.1) is 11.7 Å². The lowest BCUT2D eigenvalue weighted by Crippen LogP contribution is -2.41. The molecule has 4 aromatic rings. The molecule has 0 radical (unpaired) electrons. The molecule has 0 saturated carbocycles. The van der Waals surface area contributed by atoms with Crippen LogP contribution in [0.4, 0.5) is 10.2 Å². The van der Waals surface area contributed by atoms with E-state index in [0.29, 0.717) is 37.6 Å². The van der Waals surface area contributed by atoms with Crippen LogP contribution in [0.2, 0.25) is 0 Å². The van der Waals surface area contributed by atoms with E-state index < -0.39 is 0 Å². The van der Waals surface area contributed by atoms with Crippen LogP contribution in [0.3, 0.4) is 0 Å². The van der Waals surface area contributed by atoms with Gasteiger partial charge in [-0.3, -0.25) is 4.79 Å². The van der Waals surface area contributed by atoms with Gasteiger partial charge in [0, 0.05) is 30.8 Å². The zero-order valence-corrected chi connectivity index (χ0v) is 19.4. The molecule has 1 N–H and O–H groups in total. The van der Waals surface area contributed by atoms with Gasteiger partial charge in [-0.25, -0.2) is 9.37 Å². The minimum absolute atomic E-state index is 0.0205. The summed E-state index contributed by atoms with van der Waals surface area (Å²) in [5.74, 6) is 1.36. The zero-order valence-electron chi connectivity index (χ0n) is 19.4. The van der Waals surface area contributed by atoms with Crippen molar-refractivity contribution in [1.82, 2.24) is 20.4 Å². The number of anilines is 1. The molecule has 0 bridgehead atoms. The second kappa shape index (κ2) is 10.0. The second-order valence-corrected chi connectivity index (χ2v) is 8.71. The lowest BCUT2D eigenvalue weighted by atomic mass is 9.95. The lowest BCUT2D eigenvalue weighted by Gasteiger charge is -2.33. The highest BCUT2D eigenvalue weighted by Gasteiger charge is 2.28. The molecule has 7 nitrogen and oxygen atoms in total. The quantitative estimate of drug-likeness (QED) is 0.425. The molecule has 8 heteroatoms. The number of nitrogens with one attached hydrogen (secondary N) is 1. The monoisotopic (exact) mass is 471 g/mol. The lowest BCUT2D eigenvalue weighted by molar-refractivity contribution is -0.126. The molecule has 1 aliphatic heterocycles. The molecular formula is C27H26FN5O2. The molecule has 1 amide bonds. The van der Waals surface area contributed by atoms with E-state index >= 15 is 0 Å². The number of hydrogen-bond acceptors (Lipinski definition) is 6. The van der Waals surface area contributed by atoms with Crippen molar-refractivity contribution in [1.29, 1.82) is 0 Å². The van der Waals surface area contributed by atoms with Crippen LogP contribution in [0.1, 0.15) is 31.4 Å². The van der Waals surface area contributed by atoms with Crippen LogP contribution in [0.5, 0.6) is 0 Å². The summed E-state index contributed by atoms with van der Waals surface area (Å²) >= 11 is 0. The van der Waals surface area contributed by atoms with Crippen molar-refractivity contribution >= 4 is 11.7 Å². The summed E-state index contributed by atoms with van der Waals surface area (Å²) in [5.41, 5.74) is 2.54. The Morgan fingerprint density at radius 2 is 1.80 bits per heavy atom. The molecule has 35 heavy (non-hydrogen) atoms. The summed E-state index contributed by atoms with van der Waals surface area (Å²) in [6.45, 7) is 3.29. The second-order valence-electron chi connectivity index (χ2n) is 8.71. The van der Waals surface area contributed by atoms with Gasteiger partial charge in [0.25, 0.3) is 5.89 Å².